The zero-order valence-corrected chi connectivity index (χ0v) is 32.4. The van der Waals surface area contributed by atoms with Crippen LogP contribution in [0, 0.1) is 23.7 Å². The van der Waals surface area contributed by atoms with Crippen LogP contribution in [0.3, 0.4) is 0 Å². The second kappa shape index (κ2) is 16.6. The number of carbonyl (C=O) groups excluding carboxylic acids is 3. The van der Waals surface area contributed by atoms with E-state index < -0.39 is 34.7 Å². The SMILES string of the molecule is CC(C)(C)OC(=O)C(Cc1cccc(COc2cccc(CC(C(=O)OC(C)(C)C)[C@H]3CCN(C(=O)OC(C)(C)C)C3)c2)c1)[C@H]1CCN(C(=O)O)C1. The van der Waals surface area contributed by atoms with E-state index in [1.165, 1.54) is 4.90 Å². The Kier molecular flexibility index (Phi) is 12.9. The fourth-order valence-corrected chi connectivity index (χ4v) is 6.82. The van der Waals surface area contributed by atoms with Crippen molar-refractivity contribution < 1.29 is 43.2 Å². The molecule has 0 aliphatic carbocycles. The van der Waals surface area contributed by atoms with E-state index in [2.05, 4.69) is 0 Å². The molecule has 2 heterocycles. The van der Waals surface area contributed by atoms with Gasteiger partial charge in [-0.3, -0.25) is 9.59 Å². The van der Waals surface area contributed by atoms with Crippen molar-refractivity contribution in [3.05, 3.63) is 65.2 Å². The second-order valence-corrected chi connectivity index (χ2v) is 17.2. The Balaban J connectivity index is 1.44. The first-order valence-electron chi connectivity index (χ1n) is 18.4. The Labute approximate surface area is 308 Å². The number of ether oxygens (including phenoxy) is 4. The molecule has 52 heavy (non-hydrogen) atoms. The van der Waals surface area contributed by atoms with Crippen LogP contribution in [-0.4, -0.2) is 82.0 Å². The van der Waals surface area contributed by atoms with E-state index >= 15 is 0 Å². The molecule has 11 nitrogen and oxygen atoms in total. The summed E-state index contributed by atoms with van der Waals surface area (Å²) in [5.41, 5.74) is 0.868. The maximum atomic E-state index is 13.6. The van der Waals surface area contributed by atoms with Crippen LogP contribution in [0.25, 0.3) is 0 Å². The van der Waals surface area contributed by atoms with Crippen LogP contribution >= 0.6 is 0 Å². The number of esters is 2. The molecule has 2 aliphatic rings. The minimum absolute atomic E-state index is 0.0874. The zero-order chi connectivity index (χ0) is 38.4. The van der Waals surface area contributed by atoms with Crippen LogP contribution in [0.2, 0.25) is 0 Å². The Morgan fingerprint density at radius 3 is 1.63 bits per heavy atom. The van der Waals surface area contributed by atoms with E-state index in [0.29, 0.717) is 57.6 Å². The summed E-state index contributed by atoms with van der Waals surface area (Å²) in [6.07, 6.45) is 0.782. The van der Waals surface area contributed by atoms with E-state index in [0.717, 1.165) is 16.7 Å². The van der Waals surface area contributed by atoms with Gasteiger partial charge < -0.3 is 33.9 Å². The van der Waals surface area contributed by atoms with E-state index in [1.54, 1.807) is 4.90 Å². The highest BCUT2D eigenvalue weighted by atomic mass is 16.6. The number of rotatable bonds is 11. The van der Waals surface area contributed by atoms with Crippen molar-refractivity contribution in [2.45, 2.75) is 111 Å². The molecule has 11 heteroatoms. The lowest BCUT2D eigenvalue weighted by molar-refractivity contribution is -0.163. The third kappa shape index (κ3) is 12.4. The fraction of sp³-hybridized carbons (Fsp3) is 0.610. The molecule has 1 N–H and O–H groups in total. The Bertz CT molecular complexity index is 1570. The third-order valence-electron chi connectivity index (χ3n) is 9.14. The molecule has 0 radical (unpaired) electrons. The molecular formula is C41H58N2O9. The highest BCUT2D eigenvalue weighted by Crippen LogP contribution is 2.33. The molecule has 2 saturated heterocycles. The van der Waals surface area contributed by atoms with Crippen LogP contribution in [0.5, 0.6) is 5.75 Å². The molecule has 2 fully saturated rings. The summed E-state index contributed by atoms with van der Waals surface area (Å²) in [5, 5.41) is 9.51. The molecular weight excluding hydrogens is 664 g/mol. The van der Waals surface area contributed by atoms with Gasteiger partial charge in [-0.1, -0.05) is 36.4 Å². The summed E-state index contributed by atoms with van der Waals surface area (Å²) < 4.78 is 23.5. The summed E-state index contributed by atoms with van der Waals surface area (Å²) in [6, 6.07) is 15.6. The first kappa shape index (κ1) is 40.5. The molecule has 4 atom stereocenters. The smallest absolute Gasteiger partial charge is 0.410 e. The van der Waals surface area contributed by atoms with E-state index in [-0.39, 0.29) is 36.5 Å². The van der Waals surface area contributed by atoms with Gasteiger partial charge in [0.25, 0.3) is 0 Å². The molecule has 0 aromatic heterocycles. The summed E-state index contributed by atoms with van der Waals surface area (Å²) in [6.45, 7) is 18.5. The van der Waals surface area contributed by atoms with E-state index in [4.69, 9.17) is 18.9 Å². The van der Waals surface area contributed by atoms with Crippen LogP contribution in [0.1, 0.15) is 91.8 Å². The molecule has 0 bridgehead atoms. The normalized spacial score (nSPS) is 19.2. The van der Waals surface area contributed by atoms with Gasteiger partial charge in [0.05, 0.1) is 11.8 Å². The number of hydrogen-bond acceptors (Lipinski definition) is 8. The predicted molar refractivity (Wildman–Crippen MR) is 197 cm³/mol. The second-order valence-electron chi connectivity index (χ2n) is 17.2. The average molecular weight is 723 g/mol. The van der Waals surface area contributed by atoms with E-state index in [1.807, 2.05) is 111 Å². The predicted octanol–water partition coefficient (Wildman–Crippen LogP) is 7.52. The van der Waals surface area contributed by atoms with Crippen molar-refractivity contribution >= 4 is 24.1 Å². The lowest BCUT2D eigenvalue weighted by Crippen LogP contribution is -2.38. The lowest BCUT2D eigenvalue weighted by Gasteiger charge is -2.28. The fourth-order valence-electron chi connectivity index (χ4n) is 6.82. The van der Waals surface area contributed by atoms with Crippen molar-refractivity contribution in [2.24, 2.45) is 23.7 Å². The molecule has 4 rings (SSSR count). The molecule has 2 aromatic carbocycles. The maximum absolute atomic E-state index is 13.6. The van der Waals surface area contributed by atoms with Gasteiger partial charge in [-0.25, -0.2) is 9.59 Å². The van der Waals surface area contributed by atoms with Crippen molar-refractivity contribution in [1.29, 1.82) is 0 Å². The van der Waals surface area contributed by atoms with Crippen LogP contribution in [0.4, 0.5) is 9.59 Å². The number of hydrogen-bond donors (Lipinski definition) is 1. The topological polar surface area (TPSA) is 132 Å². The molecule has 286 valence electrons. The molecule has 0 saturated carbocycles. The van der Waals surface area contributed by atoms with Gasteiger partial charge in [-0.15, -0.1) is 0 Å². The van der Waals surface area contributed by atoms with Gasteiger partial charge in [0.15, 0.2) is 0 Å². The van der Waals surface area contributed by atoms with Crippen molar-refractivity contribution in [3.8, 4) is 5.75 Å². The number of carbonyl (C=O) groups is 4. The molecule has 2 aliphatic heterocycles. The van der Waals surface area contributed by atoms with Crippen molar-refractivity contribution in [1.82, 2.24) is 9.80 Å². The Hall–Kier alpha value is -4.28. The Morgan fingerprint density at radius 1 is 0.673 bits per heavy atom. The maximum Gasteiger partial charge on any atom is 0.410 e. The highest BCUT2D eigenvalue weighted by Gasteiger charge is 2.40. The summed E-state index contributed by atoms with van der Waals surface area (Å²) in [5.74, 6) is -1.12. The zero-order valence-electron chi connectivity index (χ0n) is 32.4. The first-order chi connectivity index (χ1) is 24.2. The van der Waals surface area contributed by atoms with Crippen LogP contribution < -0.4 is 4.74 Å². The Morgan fingerprint density at radius 2 is 1.13 bits per heavy atom. The number of benzene rings is 2. The first-order valence-corrected chi connectivity index (χ1v) is 18.4. The molecule has 0 spiro atoms. The summed E-state index contributed by atoms with van der Waals surface area (Å²) >= 11 is 0. The monoisotopic (exact) mass is 722 g/mol. The minimum Gasteiger partial charge on any atom is -0.489 e. The number of amides is 2. The summed E-state index contributed by atoms with van der Waals surface area (Å²) in [4.78, 5) is 54.3. The van der Waals surface area contributed by atoms with E-state index in [9.17, 15) is 24.3 Å². The number of carboxylic acid groups (broad SMARTS) is 1. The van der Waals surface area contributed by atoms with Crippen molar-refractivity contribution in [2.75, 3.05) is 26.2 Å². The largest absolute Gasteiger partial charge is 0.489 e. The van der Waals surface area contributed by atoms with Crippen molar-refractivity contribution in [3.63, 3.8) is 0 Å². The van der Waals surface area contributed by atoms with Gasteiger partial charge >= 0.3 is 24.1 Å². The van der Waals surface area contributed by atoms with Crippen LogP contribution in [0.15, 0.2) is 48.5 Å². The molecule has 2 amide bonds. The summed E-state index contributed by atoms with van der Waals surface area (Å²) in [7, 11) is 0. The number of likely N-dealkylation sites (tertiary alicyclic amines) is 2. The minimum atomic E-state index is -0.975. The standard InChI is InChI=1S/C41H58N2O9/c1-39(2,3)50-35(44)33(30-16-18-42(24-30)37(46)47)22-27-12-10-14-29(20-27)26-49-32-15-11-13-28(21-32)23-34(36(45)51-40(4,5)6)31-17-19-43(25-31)38(48)52-41(7,8)9/h10-15,20-21,30-31,33-34H,16-19,22-26H2,1-9H3,(H,46,47)/t30-,31-,33?,34?/m0/s1. The highest BCUT2D eigenvalue weighted by molar-refractivity contribution is 5.75. The van der Waals surface area contributed by atoms with Gasteiger partial charge in [-0.05, 0) is 129 Å². The molecule has 2 aromatic rings. The van der Waals surface area contributed by atoms with Gasteiger partial charge in [0, 0.05) is 26.2 Å². The van der Waals surface area contributed by atoms with Gasteiger partial charge in [0.2, 0.25) is 0 Å². The average Bonchev–Trinajstić information content (AvgIpc) is 3.71. The molecule has 2 unspecified atom stereocenters. The quantitative estimate of drug-likeness (QED) is 0.185. The lowest BCUT2D eigenvalue weighted by atomic mass is 9.85. The third-order valence-corrected chi connectivity index (χ3v) is 9.14. The van der Waals surface area contributed by atoms with Gasteiger partial charge in [-0.2, -0.15) is 0 Å². The van der Waals surface area contributed by atoms with Crippen LogP contribution in [-0.2, 0) is 43.2 Å². The number of nitrogens with zero attached hydrogens (tertiary/aromatic N) is 2. The van der Waals surface area contributed by atoms with Gasteiger partial charge in [0.1, 0.15) is 29.2 Å².